The molecule has 0 aliphatic carbocycles. The smallest absolute Gasteiger partial charge is 0.312 e. The number of carbonyl (C=O) groups excluding carboxylic acids is 2. The van der Waals surface area contributed by atoms with Gasteiger partial charge in [-0.25, -0.2) is 4.79 Å². The standard InChI is InChI=1S/C8H12N4O4/c1-15-4-6(11-8(10)14)7(13)5(3-9)12-16-2/h6H,4H2,1-2H3,(H3,10,11,14)/b12-5+. The van der Waals surface area contributed by atoms with Crippen LogP contribution in [0, 0.1) is 11.3 Å². The molecule has 1 atom stereocenters. The first kappa shape index (κ1) is 13.9. The van der Waals surface area contributed by atoms with Crippen LogP contribution in [0.2, 0.25) is 0 Å². The number of nitrogens with zero attached hydrogens (tertiary/aromatic N) is 2. The van der Waals surface area contributed by atoms with Gasteiger partial charge in [0, 0.05) is 7.11 Å². The molecule has 0 bridgehead atoms. The number of ketones is 1. The van der Waals surface area contributed by atoms with Crippen LogP contribution in [0.3, 0.4) is 0 Å². The molecule has 8 nitrogen and oxygen atoms in total. The molecule has 0 saturated carbocycles. The Bertz CT molecular complexity index is 333. The van der Waals surface area contributed by atoms with Gasteiger partial charge in [-0.15, -0.1) is 0 Å². The van der Waals surface area contributed by atoms with Crippen molar-refractivity contribution in [2.45, 2.75) is 6.04 Å². The quantitative estimate of drug-likeness (QED) is 0.434. The molecule has 1 unspecified atom stereocenters. The second kappa shape index (κ2) is 7.19. The van der Waals surface area contributed by atoms with Crippen molar-refractivity contribution in [1.82, 2.24) is 5.32 Å². The van der Waals surface area contributed by atoms with Gasteiger partial charge in [-0.3, -0.25) is 4.79 Å². The number of carbonyl (C=O) groups is 2. The van der Waals surface area contributed by atoms with Crippen molar-refractivity contribution in [2.75, 3.05) is 20.8 Å². The molecule has 0 aromatic carbocycles. The molecule has 3 N–H and O–H groups in total. The van der Waals surface area contributed by atoms with Crippen molar-refractivity contribution in [3.05, 3.63) is 0 Å². The van der Waals surface area contributed by atoms with Gasteiger partial charge >= 0.3 is 6.03 Å². The average molecular weight is 228 g/mol. The summed E-state index contributed by atoms with van der Waals surface area (Å²) in [6.45, 7) is -0.119. The number of hydrogen-bond donors (Lipinski definition) is 2. The number of urea groups is 1. The number of oxime groups is 1. The highest BCUT2D eigenvalue weighted by molar-refractivity contribution is 6.47. The Hall–Kier alpha value is -2.14. The first-order valence-electron chi connectivity index (χ1n) is 4.17. The zero-order valence-corrected chi connectivity index (χ0v) is 8.89. The Morgan fingerprint density at radius 2 is 2.19 bits per heavy atom. The van der Waals surface area contributed by atoms with Gasteiger partial charge in [0.2, 0.25) is 11.5 Å². The lowest BCUT2D eigenvalue weighted by molar-refractivity contribution is -0.115. The third-order valence-electron chi connectivity index (χ3n) is 1.49. The number of amides is 2. The molecule has 0 radical (unpaired) electrons. The molecule has 0 aromatic heterocycles. The summed E-state index contributed by atoms with van der Waals surface area (Å²) < 4.78 is 4.70. The predicted octanol–water partition coefficient (Wildman–Crippen LogP) is -1.24. The van der Waals surface area contributed by atoms with Crippen LogP contribution in [-0.4, -0.2) is 44.4 Å². The van der Waals surface area contributed by atoms with E-state index < -0.39 is 23.6 Å². The van der Waals surface area contributed by atoms with Crippen molar-refractivity contribution < 1.29 is 19.2 Å². The molecule has 0 heterocycles. The molecule has 0 spiro atoms. The molecule has 8 heteroatoms. The fourth-order valence-electron chi connectivity index (χ4n) is 0.898. The third kappa shape index (κ3) is 4.39. The van der Waals surface area contributed by atoms with E-state index in [9.17, 15) is 9.59 Å². The second-order valence-corrected chi connectivity index (χ2v) is 2.62. The molecule has 0 fully saturated rings. The number of nitrogens with one attached hydrogen (secondary N) is 1. The Kier molecular flexibility index (Phi) is 6.23. The number of primary amides is 1. The van der Waals surface area contributed by atoms with Gasteiger partial charge in [0.25, 0.3) is 0 Å². The second-order valence-electron chi connectivity index (χ2n) is 2.62. The minimum Gasteiger partial charge on any atom is -0.398 e. The fraction of sp³-hybridized carbons (Fsp3) is 0.500. The monoisotopic (exact) mass is 228 g/mol. The normalized spacial score (nSPS) is 12.4. The lowest BCUT2D eigenvalue weighted by Gasteiger charge is -2.13. The molecule has 0 rings (SSSR count). The maximum Gasteiger partial charge on any atom is 0.312 e. The Morgan fingerprint density at radius 1 is 1.56 bits per heavy atom. The summed E-state index contributed by atoms with van der Waals surface area (Å²) in [5, 5.41) is 14.0. The van der Waals surface area contributed by atoms with Gasteiger partial charge in [0.1, 0.15) is 19.2 Å². The molecular formula is C8H12N4O4. The van der Waals surface area contributed by atoms with Gasteiger partial charge in [-0.05, 0) is 0 Å². The van der Waals surface area contributed by atoms with Gasteiger partial charge in [-0.2, -0.15) is 5.26 Å². The third-order valence-corrected chi connectivity index (χ3v) is 1.49. The summed E-state index contributed by atoms with van der Waals surface area (Å²) in [4.78, 5) is 26.5. The van der Waals surface area contributed by atoms with Gasteiger partial charge in [0.05, 0.1) is 6.61 Å². The van der Waals surface area contributed by atoms with Crippen LogP contribution in [0.1, 0.15) is 0 Å². The van der Waals surface area contributed by atoms with Crippen LogP contribution in [0.25, 0.3) is 0 Å². The summed E-state index contributed by atoms with van der Waals surface area (Å²) >= 11 is 0. The zero-order valence-electron chi connectivity index (χ0n) is 8.89. The van der Waals surface area contributed by atoms with Crippen molar-refractivity contribution in [3.63, 3.8) is 0 Å². The number of ether oxygens (including phenoxy) is 1. The van der Waals surface area contributed by atoms with Crippen LogP contribution in [-0.2, 0) is 14.4 Å². The molecule has 0 aliphatic heterocycles. The first-order valence-corrected chi connectivity index (χ1v) is 4.17. The van der Waals surface area contributed by atoms with Crippen LogP contribution < -0.4 is 11.1 Å². The van der Waals surface area contributed by atoms with E-state index in [1.807, 2.05) is 0 Å². The minimum atomic E-state index is -1.06. The highest BCUT2D eigenvalue weighted by Gasteiger charge is 2.25. The predicted molar refractivity (Wildman–Crippen MR) is 53.4 cm³/mol. The number of hydrogen-bond acceptors (Lipinski definition) is 6. The molecule has 88 valence electrons. The number of nitriles is 1. The van der Waals surface area contributed by atoms with E-state index in [0.717, 1.165) is 0 Å². The molecule has 0 aromatic rings. The van der Waals surface area contributed by atoms with E-state index in [1.165, 1.54) is 14.2 Å². The topological polar surface area (TPSA) is 127 Å². The Labute approximate surface area is 92.0 Å². The molecule has 0 aliphatic rings. The maximum atomic E-state index is 11.6. The molecule has 16 heavy (non-hydrogen) atoms. The Balaban J connectivity index is 4.79. The summed E-state index contributed by atoms with van der Waals surface area (Å²) in [5.74, 6) is -0.731. The first-order chi connectivity index (χ1) is 7.56. The summed E-state index contributed by atoms with van der Waals surface area (Å²) in [6, 6.07) is -0.415. The lowest BCUT2D eigenvalue weighted by atomic mass is 10.1. The zero-order chi connectivity index (χ0) is 12.6. The number of Topliss-reactive ketones (excluding diaryl/α,β-unsaturated/α-hetero) is 1. The van der Waals surface area contributed by atoms with Gasteiger partial charge < -0.3 is 20.6 Å². The van der Waals surface area contributed by atoms with E-state index in [-0.39, 0.29) is 6.61 Å². The van der Waals surface area contributed by atoms with Crippen LogP contribution in [0.5, 0.6) is 0 Å². The number of rotatable bonds is 6. The van der Waals surface area contributed by atoms with Crippen LogP contribution in [0.15, 0.2) is 5.16 Å². The average Bonchev–Trinajstić information content (AvgIpc) is 2.23. The summed E-state index contributed by atoms with van der Waals surface area (Å²) in [7, 11) is 2.53. The SMILES string of the molecule is COCC(NC(N)=O)C(=O)/C(C#N)=N/OC. The van der Waals surface area contributed by atoms with Crippen molar-refractivity contribution in [3.8, 4) is 6.07 Å². The van der Waals surface area contributed by atoms with Crippen molar-refractivity contribution >= 4 is 17.5 Å². The highest BCUT2D eigenvalue weighted by Crippen LogP contribution is 1.92. The Morgan fingerprint density at radius 3 is 2.56 bits per heavy atom. The van der Waals surface area contributed by atoms with E-state index in [2.05, 4.69) is 15.3 Å². The van der Waals surface area contributed by atoms with Gasteiger partial charge in [-0.1, -0.05) is 5.16 Å². The number of nitrogens with two attached hydrogens (primary N) is 1. The highest BCUT2D eigenvalue weighted by atomic mass is 16.6. The molecule has 2 amide bonds. The maximum absolute atomic E-state index is 11.6. The van der Waals surface area contributed by atoms with Crippen molar-refractivity contribution in [1.29, 1.82) is 5.26 Å². The van der Waals surface area contributed by atoms with Gasteiger partial charge in [0.15, 0.2) is 0 Å². The summed E-state index contributed by atoms with van der Waals surface area (Å²) in [5.41, 5.74) is 4.39. The fourth-order valence-corrected chi connectivity index (χ4v) is 0.898. The summed E-state index contributed by atoms with van der Waals surface area (Å²) in [6.07, 6.45) is 0. The van der Waals surface area contributed by atoms with E-state index >= 15 is 0 Å². The molecule has 0 saturated heterocycles. The van der Waals surface area contributed by atoms with Crippen LogP contribution >= 0.6 is 0 Å². The largest absolute Gasteiger partial charge is 0.398 e. The lowest BCUT2D eigenvalue weighted by Crippen LogP contribution is -2.48. The van der Waals surface area contributed by atoms with Crippen LogP contribution in [0.4, 0.5) is 4.79 Å². The number of methoxy groups -OCH3 is 1. The minimum absolute atomic E-state index is 0.119. The molecular weight excluding hydrogens is 216 g/mol. The van der Waals surface area contributed by atoms with Crippen molar-refractivity contribution in [2.24, 2.45) is 10.9 Å². The van der Waals surface area contributed by atoms with E-state index in [1.54, 1.807) is 6.07 Å². The van der Waals surface area contributed by atoms with E-state index in [0.29, 0.717) is 0 Å². The van der Waals surface area contributed by atoms with E-state index in [4.69, 9.17) is 15.7 Å².